The second-order valence-electron chi connectivity index (χ2n) is 4.01. The summed E-state index contributed by atoms with van der Waals surface area (Å²) in [5.41, 5.74) is 6.20. The van der Waals surface area contributed by atoms with Gasteiger partial charge in [-0.25, -0.2) is 0 Å². The molecule has 2 N–H and O–H groups in total. The molecule has 0 saturated heterocycles. The third-order valence-corrected chi connectivity index (χ3v) is 2.42. The molecule has 18 heavy (non-hydrogen) atoms. The van der Waals surface area contributed by atoms with E-state index in [0.717, 1.165) is 12.1 Å². The Hall–Kier alpha value is -1.88. The molecule has 0 aliphatic rings. The van der Waals surface area contributed by atoms with Crippen molar-refractivity contribution in [1.29, 1.82) is 0 Å². The van der Waals surface area contributed by atoms with Gasteiger partial charge < -0.3 is 10.5 Å². The van der Waals surface area contributed by atoms with Gasteiger partial charge in [0.1, 0.15) is 5.75 Å². The van der Waals surface area contributed by atoms with E-state index in [2.05, 4.69) is 0 Å². The number of hydrogen-bond donors (Lipinski definition) is 1. The van der Waals surface area contributed by atoms with Crippen molar-refractivity contribution in [2.75, 3.05) is 13.1 Å². The Balaban J connectivity index is 2.61. The van der Waals surface area contributed by atoms with Crippen LogP contribution in [0.2, 0.25) is 0 Å². The van der Waals surface area contributed by atoms with E-state index in [1.807, 2.05) is 24.0 Å². The lowest BCUT2D eigenvalue weighted by molar-refractivity contribution is -0.131. The summed E-state index contributed by atoms with van der Waals surface area (Å²) in [6.07, 6.45) is 0. The van der Waals surface area contributed by atoms with E-state index in [1.54, 1.807) is 12.1 Å². The van der Waals surface area contributed by atoms with Crippen LogP contribution in [0.1, 0.15) is 19.4 Å². The average molecular weight is 250 g/mol. The second kappa shape index (κ2) is 6.76. The summed E-state index contributed by atoms with van der Waals surface area (Å²) >= 11 is 0. The van der Waals surface area contributed by atoms with E-state index in [9.17, 15) is 9.59 Å². The van der Waals surface area contributed by atoms with Crippen LogP contribution in [0.4, 0.5) is 0 Å². The SMILES string of the molecule is CCN(CC(N)=O)Cc1ccc(OC(C)=O)cc1. The van der Waals surface area contributed by atoms with Gasteiger partial charge in [0.25, 0.3) is 0 Å². The quantitative estimate of drug-likeness (QED) is 0.602. The minimum Gasteiger partial charge on any atom is -0.427 e. The van der Waals surface area contributed by atoms with Gasteiger partial charge in [0, 0.05) is 13.5 Å². The Morgan fingerprint density at radius 1 is 1.28 bits per heavy atom. The topological polar surface area (TPSA) is 72.6 Å². The van der Waals surface area contributed by atoms with Crippen molar-refractivity contribution >= 4 is 11.9 Å². The molecule has 0 fully saturated rings. The van der Waals surface area contributed by atoms with Crippen LogP contribution in [-0.2, 0) is 16.1 Å². The number of nitrogens with two attached hydrogens (primary N) is 1. The van der Waals surface area contributed by atoms with E-state index in [-0.39, 0.29) is 18.4 Å². The number of hydrogen-bond acceptors (Lipinski definition) is 4. The number of carbonyl (C=O) groups excluding carboxylic acids is 2. The minimum atomic E-state index is -0.341. The molecule has 0 heterocycles. The highest BCUT2D eigenvalue weighted by atomic mass is 16.5. The molecule has 98 valence electrons. The highest BCUT2D eigenvalue weighted by molar-refractivity contribution is 5.75. The van der Waals surface area contributed by atoms with Gasteiger partial charge in [0.05, 0.1) is 6.54 Å². The summed E-state index contributed by atoms with van der Waals surface area (Å²) in [4.78, 5) is 23.6. The molecule has 1 rings (SSSR count). The van der Waals surface area contributed by atoms with Gasteiger partial charge in [-0.1, -0.05) is 19.1 Å². The average Bonchev–Trinajstić information content (AvgIpc) is 2.29. The summed E-state index contributed by atoms with van der Waals surface area (Å²) < 4.78 is 4.94. The van der Waals surface area contributed by atoms with Crippen LogP contribution in [-0.4, -0.2) is 29.9 Å². The fourth-order valence-corrected chi connectivity index (χ4v) is 1.59. The third-order valence-electron chi connectivity index (χ3n) is 2.42. The molecule has 1 aromatic rings. The van der Waals surface area contributed by atoms with Crippen LogP contribution < -0.4 is 10.5 Å². The molecule has 0 saturated carbocycles. The maximum atomic E-state index is 10.9. The fraction of sp³-hybridized carbons (Fsp3) is 0.385. The first-order valence-corrected chi connectivity index (χ1v) is 5.79. The number of esters is 1. The normalized spacial score (nSPS) is 10.4. The van der Waals surface area contributed by atoms with E-state index >= 15 is 0 Å². The lowest BCUT2D eigenvalue weighted by atomic mass is 10.2. The van der Waals surface area contributed by atoms with Gasteiger partial charge in [-0.2, -0.15) is 0 Å². The zero-order chi connectivity index (χ0) is 13.5. The van der Waals surface area contributed by atoms with Crippen molar-refractivity contribution in [2.24, 2.45) is 5.73 Å². The van der Waals surface area contributed by atoms with Crippen molar-refractivity contribution in [2.45, 2.75) is 20.4 Å². The Kier molecular flexibility index (Phi) is 5.32. The highest BCUT2D eigenvalue weighted by Gasteiger charge is 2.07. The van der Waals surface area contributed by atoms with Crippen LogP contribution in [0.3, 0.4) is 0 Å². The van der Waals surface area contributed by atoms with E-state index in [4.69, 9.17) is 10.5 Å². The van der Waals surface area contributed by atoms with E-state index in [1.165, 1.54) is 6.92 Å². The first-order chi connectivity index (χ1) is 8.51. The first kappa shape index (κ1) is 14.2. The lowest BCUT2D eigenvalue weighted by Crippen LogP contribution is -2.33. The third kappa shape index (κ3) is 4.97. The van der Waals surface area contributed by atoms with Gasteiger partial charge in [-0.05, 0) is 24.2 Å². The number of rotatable bonds is 6. The predicted molar refractivity (Wildman–Crippen MR) is 67.9 cm³/mol. The number of nitrogens with zero attached hydrogens (tertiary/aromatic N) is 1. The predicted octanol–water partition coefficient (Wildman–Crippen LogP) is 0.919. The fourth-order valence-electron chi connectivity index (χ4n) is 1.59. The summed E-state index contributed by atoms with van der Waals surface area (Å²) in [5, 5.41) is 0. The highest BCUT2D eigenvalue weighted by Crippen LogP contribution is 2.13. The Morgan fingerprint density at radius 3 is 2.33 bits per heavy atom. The molecule has 0 aliphatic carbocycles. The molecule has 0 atom stereocenters. The molecule has 0 bridgehead atoms. The second-order valence-corrected chi connectivity index (χ2v) is 4.01. The smallest absolute Gasteiger partial charge is 0.308 e. The number of primary amides is 1. The summed E-state index contributed by atoms with van der Waals surface area (Å²) in [6.45, 7) is 4.95. The van der Waals surface area contributed by atoms with Crippen LogP contribution in [0.25, 0.3) is 0 Å². The largest absolute Gasteiger partial charge is 0.427 e. The van der Waals surface area contributed by atoms with E-state index in [0.29, 0.717) is 12.3 Å². The van der Waals surface area contributed by atoms with Crippen LogP contribution in [0.15, 0.2) is 24.3 Å². The number of ether oxygens (including phenoxy) is 1. The molecule has 0 unspecified atom stereocenters. The van der Waals surface area contributed by atoms with Gasteiger partial charge >= 0.3 is 5.97 Å². The number of benzene rings is 1. The summed E-state index contributed by atoms with van der Waals surface area (Å²) in [5.74, 6) is -0.163. The minimum absolute atomic E-state index is 0.238. The maximum Gasteiger partial charge on any atom is 0.308 e. The van der Waals surface area contributed by atoms with Crippen molar-refractivity contribution < 1.29 is 14.3 Å². The molecular weight excluding hydrogens is 232 g/mol. The maximum absolute atomic E-state index is 10.9. The van der Waals surface area contributed by atoms with Crippen LogP contribution >= 0.6 is 0 Å². The van der Waals surface area contributed by atoms with Crippen LogP contribution in [0.5, 0.6) is 5.75 Å². The summed E-state index contributed by atoms with van der Waals surface area (Å²) in [6, 6.07) is 7.19. The Bertz CT molecular complexity index is 415. The molecule has 5 nitrogen and oxygen atoms in total. The van der Waals surface area contributed by atoms with Gasteiger partial charge in [-0.15, -0.1) is 0 Å². The van der Waals surface area contributed by atoms with Crippen LogP contribution in [0, 0.1) is 0 Å². The number of amides is 1. The number of carbonyl (C=O) groups is 2. The molecule has 0 aliphatic heterocycles. The van der Waals surface area contributed by atoms with Gasteiger partial charge in [-0.3, -0.25) is 14.5 Å². The first-order valence-electron chi connectivity index (χ1n) is 5.79. The molecule has 1 aromatic carbocycles. The standard InChI is InChI=1S/C13H18N2O3/c1-3-15(9-13(14)17)8-11-4-6-12(7-5-11)18-10(2)16/h4-7H,3,8-9H2,1-2H3,(H2,14,17). The molecule has 5 heteroatoms. The van der Waals surface area contributed by atoms with Crippen molar-refractivity contribution in [3.63, 3.8) is 0 Å². The Morgan fingerprint density at radius 2 is 1.89 bits per heavy atom. The zero-order valence-electron chi connectivity index (χ0n) is 10.7. The van der Waals surface area contributed by atoms with Gasteiger partial charge in [0.2, 0.25) is 5.91 Å². The molecular formula is C13H18N2O3. The van der Waals surface area contributed by atoms with E-state index < -0.39 is 0 Å². The monoisotopic (exact) mass is 250 g/mol. The van der Waals surface area contributed by atoms with Crippen molar-refractivity contribution in [3.8, 4) is 5.75 Å². The van der Waals surface area contributed by atoms with Gasteiger partial charge in [0.15, 0.2) is 0 Å². The molecule has 0 spiro atoms. The van der Waals surface area contributed by atoms with Crippen molar-refractivity contribution in [1.82, 2.24) is 4.90 Å². The zero-order valence-corrected chi connectivity index (χ0v) is 10.7. The summed E-state index contributed by atoms with van der Waals surface area (Å²) in [7, 11) is 0. The van der Waals surface area contributed by atoms with Crippen molar-refractivity contribution in [3.05, 3.63) is 29.8 Å². The lowest BCUT2D eigenvalue weighted by Gasteiger charge is -2.18. The molecule has 0 radical (unpaired) electrons. The molecule has 0 aromatic heterocycles. The molecule has 1 amide bonds. The number of likely N-dealkylation sites (N-methyl/N-ethyl adjacent to an activating group) is 1. The Labute approximate surface area is 107 Å².